The first-order valence-corrected chi connectivity index (χ1v) is 10.4. The molecule has 0 fully saturated rings. The van der Waals surface area contributed by atoms with Crippen molar-refractivity contribution in [3.63, 3.8) is 0 Å². The second kappa shape index (κ2) is 8.14. The lowest BCUT2D eigenvalue weighted by Crippen LogP contribution is -2.36. The monoisotopic (exact) mass is 393 g/mol. The molecule has 0 radical (unpaired) electrons. The summed E-state index contributed by atoms with van der Waals surface area (Å²) in [7, 11) is 0. The summed E-state index contributed by atoms with van der Waals surface area (Å²) in [6.45, 7) is 3.91. The maximum absolute atomic E-state index is 12.9. The number of hydrogen-bond donors (Lipinski definition) is 1. The summed E-state index contributed by atoms with van der Waals surface area (Å²) in [5.74, 6) is 0.00559. The van der Waals surface area contributed by atoms with E-state index in [0.29, 0.717) is 5.16 Å². The summed E-state index contributed by atoms with van der Waals surface area (Å²) in [6, 6.07) is 16.4. The van der Waals surface area contributed by atoms with Crippen molar-refractivity contribution >= 4 is 17.7 Å². The number of tetrazole rings is 1. The molecule has 7 heteroatoms. The lowest BCUT2D eigenvalue weighted by molar-refractivity contribution is -0.121. The first-order valence-electron chi connectivity index (χ1n) is 9.52. The lowest BCUT2D eigenvalue weighted by Gasteiger charge is -2.27. The molecule has 0 bridgehead atoms. The van der Waals surface area contributed by atoms with E-state index in [-0.39, 0.29) is 17.2 Å². The van der Waals surface area contributed by atoms with Gasteiger partial charge in [0.05, 0.1) is 17.0 Å². The Bertz CT molecular complexity index is 986. The smallest absolute Gasteiger partial charge is 0.233 e. The molecule has 3 aromatic rings. The normalized spacial score (nSPS) is 17.0. The van der Waals surface area contributed by atoms with Crippen LogP contribution in [0.25, 0.3) is 5.69 Å². The Morgan fingerprint density at radius 1 is 1.21 bits per heavy atom. The Hall–Kier alpha value is -2.67. The first kappa shape index (κ1) is 18.7. The summed E-state index contributed by atoms with van der Waals surface area (Å²) in [5, 5.41) is 15.6. The average molecular weight is 394 g/mol. The van der Waals surface area contributed by atoms with Crippen molar-refractivity contribution in [3.8, 4) is 5.69 Å². The van der Waals surface area contributed by atoms with Crippen LogP contribution >= 0.6 is 11.8 Å². The van der Waals surface area contributed by atoms with E-state index in [9.17, 15) is 4.79 Å². The highest BCUT2D eigenvalue weighted by molar-refractivity contribution is 8.00. The van der Waals surface area contributed by atoms with Gasteiger partial charge < -0.3 is 5.32 Å². The van der Waals surface area contributed by atoms with Crippen molar-refractivity contribution in [3.05, 3.63) is 65.2 Å². The van der Waals surface area contributed by atoms with Crippen LogP contribution < -0.4 is 5.32 Å². The predicted molar refractivity (Wildman–Crippen MR) is 109 cm³/mol. The van der Waals surface area contributed by atoms with Crippen LogP contribution in [0, 0.1) is 6.92 Å². The van der Waals surface area contributed by atoms with Gasteiger partial charge in [-0.2, -0.15) is 4.68 Å². The fourth-order valence-corrected chi connectivity index (χ4v) is 4.42. The van der Waals surface area contributed by atoms with Gasteiger partial charge in [-0.05, 0) is 66.3 Å². The number of carbonyl (C=O) groups excluding carboxylic acids is 1. The van der Waals surface area contributed by atoms with Crippen LogP contribution in [0.15, 0.2) is 53.7 Å². The van der Waals surface area contributed by atoms with Crippen molar-refractivity contribution in [1.82, 2.24) is 25.5 Å². The fourth-order valence-electron chi connectivity index (χ4n) is 3.61. The molecule has 1 aliphatic carbocycles. The highest BCUT2D eigenvalue weighted by Gasteiger charge is 2.25. The van der Waals surface area contributed by atoms with Gasteiger partial charge >= 0.3 is 0 Å². The van der Waals surface area contributed by atoms with Crippen LogP contribution in [0.5, 0.6) is 0 Å². The number of hydrogen-bond acceptors (Lipinski definition) is 5. The Kier molecular flexibility index (Phi) is 5.43. The van der Waals surface area contributed by atoms with Gasteiger partial charge in [-0.3, -0.25) is 4.79 Å². The zero-order valence-electron chi connectivity index (χ0n) is 16.0. The zero-order valence-corrected chi connectivity index (χ0v) is 16.8. The van der Waals surface area contributed by atoms with Crippen LogP contribution in [0.3, 0.4) is 0 Å². The van der Waals surface area contributed by atoms with Gasteiger partial charge in [-0.15, -0.1) is 5.10 Å². The van der Waals surface area contributed by atoms with Crippen LogP contribution in [0.2, 0.25) is 0 Å². The van der Waals surface area contributed by atoms with Crippen LogP contribution in [-0.4, -0.2) is 31.4 Å². The van der Waals surface area contributed by atoms with Gasteiger partial charge in [-0.1, -0.05) is 54.2 Å². The van der Waals surface area contributed by atoms with Crippen molar-refractivity contribution in [1.29, 1.82) is 0 Å². The van der Waals surface area contributed by atoms with E-state index < -0.39 is 0 Å². The summed E-state index contributed by atoms with van der Waals surface area (Å²) in [4.78, 5) is 12.9. The van der Waals surface area contributed by atoms with E-state index in [4.69, 9.17) is 0 Å². The maximum atomic E-state index is 12.9. The number of aryl methyl sites for hydroxylation is 2. The molecule has 2 atom stereocenters. The van der Waals surface area contributed by atoms with E-state index in [2.05, 4.69) is 39.0 Å². The molecule has 0 unspecified atom stereocenters. The van der Waals surface area contributed by atoms with E-state index in [1.54, 1.807) is 4.68 Å². The molecule has 28 heavy (non-hydrogen) atoms. The molecular formula is C21H23N5OS. The number of nitrogens with one attached hydrogen (secondary N) is 1. The fraction of sp³-hybridized carbons (Fsp3) is 0.333. The average Bonchev–Trinajstić information content (AvgIpc) is 3.16. The summed E-state index contributed by atoms with van der Waals surface area (Å²) < 4.78 is 1.69. The van der Waals surface area contributed by atoms with Crippen LogP contribution in [0.1, 0.15) is 42.5 Å². The Balaban J connectivity index is 1.47. The number of thioether (sulfide) groups is 1. The molecule has 1 aliphatic rings. The van der Waals surface area contributed by atoms with Gasteiger partial charge in [0, 0.05) is 0 Å². The highest BCUT2D eigenvalue weighted by Crippen LogP contribution is 2.30. The van der Waals surface area contributed by atoms with Gasteiger partial charge in [-0.25, -0.2) is 0 Å². The molecule has 144 valence electrons. The molecular weight excluding hydrogens is 370 g/mol. The molecule has 1 aromatic heterocycles. The SMILES string of the molecule is Cc1ccccc1-n1nnnc1S[C@H](C)C(=O)N[C@H]1CCCc2ccccc21. The van der Waals surface area contributed by atoms with Crippen LogP contribution in [-0.2, 0) is 11.2 Å². The van der Waals surface area contributed by atoms with Crippen molar-refractivity contribution in [2.45, 2.75) is 49.6 Å². The molecule has 0 saturated carbocycles. The molecule has 1 N–H and O–H groups in total. The van der Waals surface area contributed by atoms with Gasteiger partial charge in [0.1, 0.15) is 0 Å². The number of aromatic nitrogens is 4. The molecule has 2 aromatic carbocycles. The minimum Gasteiger partial charge on any atom is -0.348 e. The summed E-state index contributed by atoms with van der Waals surface area (Å²) in [5.41, 5.74) is 4.57. The van der Waals surface area contributed by atoms with Gasteiger partial charge in [0.15, 0.2) is 0 Å². The molecule has 1 heterocycles. The Morgan fingerprint density at radius 2 is 2.00 bits per heavy atom. The number of nitrogens with zero attached hydrogens (tertiary/aromatic N) is 4. The van der Waals surface area contributed by atoms with Crippen molar-refractivity contribution in [2.75, 3.05) is 0 Å². The largest absolute Gasteiger partial charge is 0.348 e. The third-order valence-electron chi connectivity index (χ3n) is 5.12. The number of benzene rings is 2. The summed E-state index contributed by atoms with van der Waals surface area (Å²) >= 11 is 1.37. The number of para-hydroxylation sites is 1. The van der Waals surface area contributed by atoms with Crippen molar-refractivity contribution in [2.24, 2.45) is 0 Å². The summed E-state index contributed by atoms with van der Waals surface area (Å²) in [6.07, 6.45) is 3.15. The number of carbonyl (C=O) groups is 1. The molecule has 0 spiro atoms. The number of amides is 1. The second-order valence-corrected chi connectivity index (χ2v) is 8.38. The van der Waals surface area contributed by atoms with Gasteiger partial charge in [0.25, 0.3) is 0 Å². The predicted octanol–water partition coefficient (Wildman–Crippen LogP) is 3.65. The highest BCUT2D eigenvalue weighted by atomic mass is 32.2. The molecule has 1 amide bonds. The minimum atomic E-state index is -0.303. The molecule has 0 saturated heterocycles. The van der Waals surface area contributed by atoms with E-state index >= 15 is 0 Å². The van der Waals surface area contributed by atoms with Gasteiger partial charge in [0.2, 0.25) is 11.1 Å². The Labute approximate surface area is 168 Å². The number of rotatable bonds is 5. The van der Waals surface area contributed by atoms with Crippen LogP contribution in [0.4, 0.5) is 0 Å². The minimum absolute atomic E-state index is 0.00559. The second-order valence-electron chi connectivity index (χ2n) is 7.07. The zero-order chi connectivity index (χ0) is 19.5. The molecule has 0 aliphatic heterocycles. The molecule has 4 rings (SSSR count). The standard InChI is InChI=1S/C21H23N5OS/c1-14-8-3-6-13-19(14)26-21(23-24-25-26)28-15(2)20(27)22-18-12-7-10-16-9-4-5-11-17(16)18/h3-6,8-9,11,13,15,18H,7,10,12H2,1-2H3,(H,22,27)/t15-,18+/m1/s1. The third-order valence-corrected chi connectivity index (χ3v) is 6.15. The first-order chi connectivity index (χ1) is 13.6. The van der Waals surface area contributed by atoms with E-state index in [0.717, 1.165) is 30.5 Å². The Morgan fingerprint density at radius 3 is 2.86 bits per heavy atom. The quantitative estimate of drug-likeness (QED) is 0.670. The molecule has 6 nitrogen and oxygen atoms in total. The number of fused-ring (bicyclic) bond motifs is 1. The van der Waals surface area contributed by atoms with Crippen molar-refractivity contribution < 1.29 is 4.79 Å². The topological polar surface area (TPSA) is 72.7 Å². The maximum Gasteiger partial charge on any atom is 0.233 e. The third kappa shape index (κ3) is 3.80. The lowest BCUT2D eigenvalue weighted by atomic mass is 9.88. The van der Waals surface area contributed by atoms with E-state index in [1.807, 2.05) is 44.2 Å². The van der Waals surface area contributed by atoms with E-state index in [1.165, 1.54) is 22.9 Å².